The average molecular weight is 331 g/mol. The molecule has 0 radical (unpaired) electrons. The third-order valence-corrected chi connectivity index (χ3v) is 3.27. The Balaban J connectivity index is 2.33. The molecule has 0 amide bonds. The molecule has 1 heterocycles. The van der Waals surface area contributed by atoms with Crippen molar-refractivity contribution in [1.29, 1.82) is 0 Å². The highest BCUT2D eigenvalue weighted by molar-refractivity contribution is 5.75. The number of rotatable bonds is 9. The topological polar surface area (TPSA) is 102 Å². The molecule has 0 fully saturated rings. The summed E-state index contributed by atoms with van der Waals surface area (Å²) >= 11 is 0. The number of para-hydroxylation sites is 2. The Labute approximate surface area is 140 Å². The maximum Gasteiger partial charge on any atom is 0.353 e. The fourth-order valence-corrected chi connectivity index (χ4v) is 2.13. The zero-order chi connectivity index (χ0) is 17.4. The first-order valence-corrected chi connectivity index (χ1v) is 7.89. The van der Waals surface area contributed by atoms with Gasteiger partial charge in [0.25, 0.3) is 0 Å². The van der Waals surface area contributed by atoms with Gasteiger partial charge in [-0.2, -0.15) is 0 Å². The van der Waals surface area contributed by atoms with Crippen LogP contribution in [-0.2, 0) is 0 Å². The van der Waals surface area contributed by atoms with E-state index in [4.69, 9.17) is 4.74 Å². The fraction of sp³-hybridized carbons (Fsp3) is 0.375. The molecule has 0 unspecified atom stereocenters. The van der Waals surface area contributed by atoms with E-state index in [1.54, 1.807) is 12.1 Å². The normalized spacial score (nSPS) is 10.2. The lowest BCUT2D eigenvalue weighted by molar-refractivity contribution is -0.383. The number of ether oxygens (including phenoxy) is 1. The molecule has 0 saturated heterocycles. The molecule has 2 rings (SSSR count). The second-order valence-electron chi connectivity index (χ2n) is 5.01. The van der Waals surface area contributed by atoms with Crippen molar-refractivity contribution >= 4 is 23.0 Å². The van der Waals surface area contributed by atoms with Crippen molar-refractivity contribution in [2.24, 2.45) is 0 Å². The molecule has 128 valence electrons. The lowest BCUT2D eigenvalue weighted by atomic mass is 10.3. The highest BCUT2D eigenvalue weighted by Crippen LogP contribution is 2.34. The van der Waals surface area contributed by atoms with E-state index < -0.39 is 4.92 Å². The van der Waals surface area contributed by atoms with Crippen LogP contribution in [0.15, 0.2) is 30.6 Å². The molecule has 0 aliphatic carbocycles. The van der Waals surface area contributed by atoms with Gasteiger partial charge in [0.2, 0.25) is 11.6 Å². The van der Waals surface area contributed by atoms with E-state index in [-0.39, 0.29) is 17.3 Å². The fourth-order valence-electron chi connectivity index (χ4n) is 2.13. The van der Waals surface area contributed by atoms with Crippen LogP contribution in [0.4, 0.5) is 23.0 Å². The molecular formula is C16H21N5O3. The predicted octanol–water partition coefficient (Wildman–Crippen LogP) is 3.74. The Kier molecular flexibility index (Phi) is 6.30. The molecule has 1 aromatic heterocycles. The predicted molar refractivity (Wildman–Crippen MR) is 93.0 cm³/mol. The van der Waals surface area contributed by atoms with Gasteiger partial charge in [-0.3, -0.25) is 10.1 Å². The van der Waals surface area contributed by atoms with Gasteiger partial charge < -0.3 is 15.4 Å². The van der Waals surface area contributed by atoms with Crippen molar-refractivity contribution in [3.05, 3.63) is 40.7 Å². The highest BCUT2D eigenvalue weighted by Gasteiger charge is 2.23. The van der Waals surface area contributed by atoms with Gasteiger partial charge in [-0.25, -0.2) is 9.97 Å². The van der Waals surface area contributed by atoms with E-state index in [1.165, 1.54) is 6.33 Å². The number of nitrogens with one attached hydrogen (secondary N) is 2. The number of anilines is 3. The molecule has 2 aromatic rings. The van der Waals surface area contributed by atoms with Crippen molar-refractivity contribution < 1.29 is 9.66 Å². The standard InChI is InChI=1S/C16H21N5O3/c1-3-5-10-17-15-14(21(22)23)16(19-11-18-15)20-12-8-6-7-9-13(12)24-4-2/h6-9,11H,3-5,10H2,1-2H3,(H2,17,18,19,20). The van der Waals surface area contributed by atoms with E-state index in [2.05, 4.69) is 20.6 Å². The Morgan fingerprint density at radius 2 is 1.96 bits per heavy atom. The van der Waals surface area contributed by atoms with Gasteiger partial charge in [0, 0.05) is 6.54 Å². The molecule has 0 bridgehead atoms. The SMILES string of the molecule is CCCCNc1ncnc(Nc2ccccc2OCC)c1[N+](=O)[O-]. The summed E-state index contributed by atoms with van der Waals surface area (Å²) in [6.45, 7) is 5.03. The van der Waals surface area contributed by atoms with Crippen LogP contribution in [-0.4, -0.2) is 28.0 Å². The smallest absolute Gasteiger partial charge is 0.353 e. The summed E-state index contributed by atoms with van der Waals surface area (Å²) in [6.07, 6.45) is 3.18. The molecule has 8 nitrogen and oxygen atoms in total. The monoisotopic (exact) mass is 331 g/mol. The Morgan fingerprint density at radius 1 is 1.21 bits per heavy atom. The molecule has 0 aliphatic heterocycles. The number of benzene rings is 1. The van der Waals surface area contributed by atoms with Crippen molar-refractivity contribution in [3.63, 3.8) is 0 Å². The number of hydrogen-bond donors (Lipinski definition) is 2. The minimum Gasteiger partial charge on any atom is -0.492 e. The Morgan fingerprint density at radius 3 is 2.67 bits per heavy atom. The van der Waals surface area contributed by atoms with Gasteiger partial charge in [0.15, 0.2) is 0 Å². The lowest BCUT2D eigenvalue weighted by Gasteiger charge is -2.13. The van der Waals surface area contributed by atoms with Crippen LogP contribution in [0.3, 0.4) is 0 Å². The van der Waals surface area contributed by atoms with Crippen LogP contribution in [0.25, 0.3) is 0 Å². The third kappa shape index (κ3) is 4.31. The first kappa shape index (κ1) is 17.5. The second-order valence-corrected chi connectivity index (χ2v) is 5.01. The molecular weight excluding hydrogens is 310 g/mol. The van der Waals surface area contributed by atoms with Gasteiger partial charge in [0.1, 0.15) is 12.1 Å². The molecule has 0 atom stereocenters. The minimum absolute atomic E-state index is 0.126. The zero-order valence-corrected chi connectivity index (χ0v) is 13.8. The summed E-state index contributed by atoms with van der Waals surface area (Å²) in [5, 5.41) is 17.5. The molecule has 2 N–H and O–H groups in total. The zero-order valence-electron chi connectivity index (χ0n) is 13.8. The Hall–Kier alpha value is -2.90. The molecule has 0 aliphatic rings. The van der Waals surface area contributed by atoms with Crippen molar-refractivity contribution in [3.8, 4) is 5.75 Å². The lowest BCUT2D eigenvalue weighted by Crippen LogP contribution is -2.09. The number of nitro groups is 1. The maximum atomic E-state index is 11.5. The van der Waals surface area contributed by atoms with Crippen LogP contribution in [0.1, 0.15) is 26.7 Å². The van der Waals surface area contributed by atoms with E-state index >= 15 is 0 Å². The van der Waals surface area contributed by atoms with Gasteiger partial charge in [0.05, 0.1) is 17.2 Å². The summed E-state index contributed by atoms with van der Waals surface area (Å²) in [6, 6.07) is 7.22. The van der Waals surface area contributed by atoms with Gasteiger partial charge in [-0.1, -0.05) is 25.5 Å². The van der Waals surface area contributed by atoms with E-state index in [0.29, 0.717) is 24.6 Å². The maximum absolute atomic E-state index is 11.5. The molecule has 8 heteroatoms. The largest absolute Gasteiger partial charge is 0.492 e. The number of nitrogens with zero attached hydrogens (tertiary/aromatic N) is 3. The molecule has 1 aromatic carbocycles. The van der Waals surface area contributed by atoms with Crippen LogP contribution >= 0.6 is 0 Å². The number of aromatic nitrogens is 2. The summed E-state index contributed by atoms with van der Waals surface area (Å²) in [5.41, 5.74) is 0.431. The van der Waals surface area contributed by atoms with Crippen LogP contribution in [0.5, 0.6) is 5.75 Å². The van der Waals surface area contributed by atoms with Crippen LogP contribution in [0, 0.1) is 10.1 Å². The van der Waals surface area contributed by atoms with Crippen molar-refractivity contribution in [2.75, 3.05) is 23.8 Å². The minimum atomic E-state index is -0.486. The first-order chi connectivity index (χ1) is 11.7. The van der Waals surface area contributed by atoms with Crippen molar-refractivity contribution in [1.82, 2.24) is 9.97 Å². The van der Waals surface area contributed by atoms with Crippen molar-refractivity contribution in [2.45, 2.75) is 26.7 Å². The summed E-state index contributed by atoms with van der Waals surface area (Å²) in [4.78, 5) is 19.0. The third-order valence-electron chi connectivity index (χ3n) is 3.27. The summed E-state index contributed by atoms with van der Waals surface area (Å²) in [7, 11) is 0. The number of hydrogen-bond acceptors (Lipinski definition) is 7. The highest BCUT2D eigenvalue weighted by atomic mass is 16.6. The van der Waals surface area contributed by atoms with Crippen LogP contribution < -0.4 is 15.4 Å². The average Bonchev–Trinajstić information content (AvgIpc) is 2.57. The second kappa shape index (κ2) is 8.66. The number of unbranched alkanes of at least 4 members (excludes halogenated alkanes) is 1. The molecule has 0 spiro atoms. The van der Waals surface area contributed by atoms with Crippen LogP contribution in [0.2, 0.25) is 0 Å². The van der Waals surface area contributed by atoms with E-state index in [1.807, 2.05) is 26.0 Å². The summed E-state index contributed by atoms with van der Waals surface area (Å²) < 4.78 is 5.53. The van der Waals surface area contributed by atoms with Gasteiger partial charge in [-0.15, -0.1) is 0 Å². The molecule has 24 heavy (non-hydrogen) atoms. The Bertz CT molecular complexity index is 693. The summed E-state index contributed by atoms with van der Waals surface area (Å²) in [5.74, 6) is 0.939. The van der Waals surface area contributed by atoms with Gasteiger partial charge in [-0.05, 0) is 25.5 Å². The quantitative estimate of drug-likeness (QED) is 0.410. The molecule has 0 saturated carbocycles. The first-order valence-electron chi connectivity index (χ1n) is 7.89. The van der Waals surface area contributed by atoms with Gasteiger partial charge >= 0.3 is 5.69 Å². The van der Waals surface area contributed by atoms with E-state index in [0.717, 1.165) is 12.8 Å². The van der Waals surface area contributed by atoms with E-state index in [9.17, 15) is 10.1 Å².